The summed E-state index contributed by atoms with van der Waals surface area (Å²) in [6.07, 6.45) is 7.64. The van der Waals surface area contributed by atoms with Gasteiger partial charge in [0.1, 0.15) is 22.9 Å². The number of allylic oxidation sites excluding steroid dienone is 1. The third kappa shape index (κ3) is 4.82. The van der Waals surface area contributed by atoms with Gasteiger partial charge in [-0.1, -0.05) is 60.6 Å². The number of hydrogen-bond acceptors (Lipinski definition) is 3. The van der Waals surface area contributed by atoms with Crippen molar-refractivity contribution < 1.29 is 13.9 Å². The SMILES string of the molecule is C=CCCOC1=Cc2c(oc3cc(C(C)(C)C)c(OCCC=C)cc23)C(C)C1C(C)(C)C. The lowest BCUT2D eigenvalue weighted by molar-refractivity contribution is 0.111. The molecule has 1 aromatic carbocycles. The molecule has 3 nitrogen and oxygen atoms in total. The lowest BCUT2D eigenvalue weighted by Gasteiger charge is -2.38. The molecule has 0 fully saturated rings. The molecule has 1 aliphatic carbocycles. The Labute approximate surface area is 194 Å². The predicted molar refractivity (Wildman–Crippen MR) is 135 cm³/mol. The maximum absolute atomic E-state index is 6.53. The highest BCUT2D eigenvalue weighted by molar-refractivity contribution is 5.92. The summed E-state index contributed by atoms with van der Waals surface area (Å²) in [6, 6.07) is 4.32. The number of furan rings is 1. The van der Waals surface area contributed by atoms with E-state index in [1.165, 1.54) is 0 Å². The molecule has 1 aromatic heterocycles. The van der Waals surface area contributed by atoms with Crippen molar-refractivity contribution in [2.75, 3.05) is 13.2 Å². The molecule has 0 radical (unpaired) electrons. The van der Waals surface area contributed by atoms with E-state index in [1.54, 1.807) is 0 Å². The van der Waals surface area contributed by atoms with E-state index in [9.17, 15) is 0 Å². The van der Waals surface area contributed by atoms with Gasteiger partial charge in [0, 0.05) is 28.3 Å². The average Bonchev–Trinajstić information content (AvgIpc) is 3.04. The van der Waals surface area contributed by atoms with Crippen molar-refractivity contribution in [3.05, 3.63) is 60.1 Å². The minimum absolute atomic E-state index is 0.0472. The van der Waals surface area contributed by atoms with Crippen molar-refractivity contribution in [2.45, 2.75) is 72.6 Å². The second-order valence-corrected chi connectivity index (χ2v) is 11.0. The van der Waals surface area contributed by atoms with E-state index in [0.717, 1.165) is 52.2 Å². The second kappa shape index (κ2) is 9.21. The van der Waals surface area contributed by atoms with Gasteiger partial charge in [-0.3, -0.25) is 0 Å². The summed E-state index contributed by atoms with van der Waals surface area (Å²) in [4.78, 5) is 0. The van der Waals surface area contributed by atoms with Crippen molar-refractivity contribution in [1.82, 2.24) is 0 Å². The Morgan fingerprint density at radius 2 is 1.59 bits per heavy atom. The third-order valence-electron chi connectivity index (χ3n) is 6.28. The molecule has 1 heterocycles. The molecule has 0 saturated carbocycles. The van der Waals surface area contributed by atoms with Gasteiger partial charge in [-0.25, -0.2) is 0 Å². The van der Waals surface area contributed by atoms with Gasteiger partial charge in [-0.15, -0.1) is 13.2 Å². The van der Waals surface area contributed by atoms with Gasteiger partial charge in [0.2, 0.25) is 0 Å². The van der Waals surface area contributed by atoms with Gasteiger partial charge >= 0.3 is 0 Å². The van der Waals surface area contributed by atoms with Crippen LogP contribution in [0, 0.1) is 11.3 Å². The van der Waals surface area contributed by atoms with Gasteiger partial charge in [0.15, 0.2) is 0 Å². The molecule has 2 atom stereocenters. The van der Waals surface area contributed by atoms with Crippen LogP contribution >= 0.6 is 0 Å². The highest BCUT2D eigenvalue weighted by atomic mass is 16.5. The van der Waals surface area contributed by atoms with Gasteiger partial charge in [-0.05, 0) is 41.9 Å². The van der Waals surface area contributed by atoms with Crippen LogP contribution in [0.1, 0.15) is 84.1 Å². The average molecular weight is 437 g/mol. The number of ether oxygens (including phenoxy) is 2. The topological polar surface area (TPSA) is 31.6 Å². The van der Waals surface area contributed by atoms with E-state index in [-0.39, 0.29) is 22.7 Å². The Morgan fingerprint density at radius 3 is 2.16 bits per heavy atom. The van der Waals surface area contributed by atoms with Gasteiger partial charge in [0.05, 0.1) is 13.2 Å². The number of benzene rings is 1. The van der Waals surface area contributed by atoms with Crippen molar-refractivity contribution in [3.8, 4) is 5.75 Å². The monoisotopic (exact) mass is 436 g/mol. The van der Waals surface area contributed by atoms with E-state index >= 15 is 0 Å². The fourth-order valence-electron chi connectivity index (χ4n) is 4.80. The van der Waals surface area contributed by atoms with Crippen molar-refractivity contribution in [1.29, 1.82) is 0 Å². The van der Waals surface area contributed by atoms with Crippen LogP contribution in [0.3, 0.4) is 0 Å². The molecule has 0 bridgehead atoms. The normalized spacial score (nSPS) is 18.8. The largest absolute Gasteiger partial charge is 0.497 e. The van der Waals surface area contributed by atoms with Crippen LogP contribution in [0.5, 0.6) is 5.75 Å². The molecule has 0 amide bonds. The van der Waals surface area contributed by atoms with E-state index in [4.69, 9.17) is 13.9 Å². The van der Waals surface area contributed by atoms with E-state index < -0.39 is 0 Å². The zero-order valence-electron chi connectivity index (χ0n) is 21.0. The molecule has 2 unspecified atom stereocenters. The van der Waals surface area contributed by atoms with Crippen LogP contribution in [0.25, 0.3) is 17.0 Å². The highest BCUT2D eigenvalue weighted by Crippen LogP contribution is 2.51. The molecule has 2 aromatic rings. The Kier molecular flexibility index (Phi) is 6.97. The molecular formula is C29H40O3. The van der Waals surface area contributed by atoms with Gasteiger partial charge in [-0.2, -0.15) is 0 Å². The Balaban J connectivity index is 2.17. The van der Waals surface area contributed by atoms with Crippen LogP contribution in [-0.2, 0) is 10.2 Å². The molecule has 0 aliphatic heterocycles. The number of fused-ring (bicyclic) bond motifs is 3. The van der Waals surface area contributed by atoms with Crippen molar-refractivity contribution >= 4 is 17.0 Å². The van der Waals surface area contributed by atoms with Gasteiger partial charge < -0.3 is 13.9 Å². The second-order valence-electron chi connectivity index (χ2n) is 11.0. The molecule has 1 aliphatic rings. The van der Waals surface area contributed by atoms with E-state index in [1.807, 2.05) is 12.2 Å². The quantitative estimate of drug-likeness (QED) is 0.307. The van der Waals surface area contributed by atoms with Crippen LogP contribution in [0.15, 0.2) is 47.6 Å². The van der Waals surface area contributed by atoms with Crippen molar-refractivity contribution in [2.24, 2.45) is 11.3 Å². The maximum atomic E-state index is 6.53. The van der Waals surface area contributed by atoms with E-state index in [0.29, 0.717) is 13.2 Å². The fourth-order valence-corrected chi connectivity index (χ4v) is 4.80. The first-order valence-corrected chi connectivity index (χ1v) is 11.8. The summed E-state index contributed by atoms with van der Waals surface area (Å²) in [5.74, 6) is 3.45. The molecule has 174 valence electrons. The summed E-state index contributed by atoms with van der Waals surface area (Å²) in [6.45, 7) is 24.6. The standard InChI is InChI=1S/C29H40O3/c1-10-12-14-30-24-16-20-21-17-25(31-15-13-11-2)26(29(7,8)9)19(3)27(21)32-23(20)18-22(24)28(4,5)6/h10-11,16-19,26H,1-2,12-15H2,3-9H3. The minimum atomic E-state index is -0.0562. The fraction of sp³-hybridized carbons (Fsp3) is 0.517. The number of hydrogen-bond donors (Lipinski definition) is 0. The molecule has 3 rings (SSSR count). The molecule has 3 heteroatoms. The smallest absolute Gasteiger partial charge is 0.135 e. The van der Waals surface area contributed by atoms with Gasteiger partial charge in [0.25, 0.3) is 0 Å². The molecule has 32 heavy (non-hydrogen) atoms. The van der Waals surface area contributed by atoms with E-state index in [2.05, 4.69) is 79.8 Å². The minimum Gasteiger partial charge on any atom is -0.497 e. The lowest BCUT2D eigenvalue weighted by atomic mass is 9.69. The highest BCUT2D eigenvalue weighted by Gasteiger charge is 2.41. The van der Waals surface area contributed by atoms with Crippen LogP contribution in [-0.4, -0.2) is 13.2 Å². The third-order valence-corrected chi connectivity index (χ3v) is 6.28. The summed E-state index contributed by atoms with van der Waals surface area (Å²) in [5.41, 5.74) is 3.19. The summed E-state index contributed by atoms with van der Waals surface area (Å²) < 4.78 is 19.0. The summed E-state index contributed by atoms with van der Waals surface area (Å²) >= 11 is 0. The molecule has 0 saturated heterocycles. The van der Waals surface area contributed by atoms with Crippen LogP contribution in [0.4, 0.5) is 0 Å². The Hall–Kier alpha value is -2.42. The zero-order chi connectivity index (χ0) is 23.7. The molecular weight excluding hydrogens is 396 g/mol. The first-order chi connectivity index (χ1) is 15.0. The first-order valence-electron chi connectivity index (χ1n) is 11.8. The molecule has 0 spiro atoms. The first kappa shape index (κ1) is 24.2. The number of rotatable bonds is 8. The maximum Gasteiger partial charge on any atom is 0.135 e. The molecule has 0 N–H and O–H groups in total. The van der Waals surface area contributed by atoms with Crippen LogP contribution < -0.4 is 4.74 Å². The Bertz CT molecular complexity index is 1010. The Morgan fingerprint density at radius 1 is 0.969 bits per heavy atom. The lowest BCUT2D eigenvalue weighted by Crippen LogP contribution is -2.30. The summed E-state index contributed by atoms with van der Waals surface area (Å²) in [7, 11) is 0. The predicted octanol–water partition coefficient (Wildman–Crippen LogP) is 8.40. The summed E-state index contributed by atoms with van der Waals surface area (Å²) in [5, 5.41) is 1.09. The van der Waals surface area contributed by atoms with Crippen LogP contribution in [0.2, 0.25) is 0 Å². The zero-order valence-corrected chi connectivity index (χ0v) is 21.0. The van der Waals surface area contributed by atoms with Crippen molar-refractivity contribution in [3.63, 3.8) is 0 Å².